The first-order valence-electron chi connectivity index (χ1n) is 8.33. The third kappa shape index (κ3) is 4.14. The second kappa shape index (κ2) is 7.96. The zero-order chi connectivity index (χ0) is 17.6. The molecule has 1 aliphatic rings. The Morgan fingerprint density at radius 1 is 1.29 bits per heavy atom. The highest BCUT2D eigenvalue weighted by Crippen LogP contribution is 2.37. The monoisotopic (exact) mass is 328 g/mol. The molecule has 1 atom stereocenters. The molecule has 1 aromatic rings. The number of esters is 1. The van der Waals surface area contributed by atoms with Crippen LogP contribution in [0.1, 0.15) is 36.8 Å². The number of nitrogens with zero attached hydrogens (tertiary/aromatic N) is 1. The molecule has 1 fully saturated rings. The van der Waals surface area contributed by atoms with Crippen molar-refractivity contribution in [1.82, 2.24) is 5.32 Å². The van der Waals surface area contributed by atoms with E-state index in [4.69, 9.17) is 4.74 Å². The summed E-state index contributed by atoms with van der Waals surface area (Å²) in [6, 6.07) is 10.1. The van der Waals surface area contributed by atoms with Crippen LogP contribution in [0.4, 0.5) is 0 Å². The highest BCUT2D eigenvalue weighted by Gasteiger charge is 2.41. The van der Waals surface area contributed by atoms with Crippen LogP contribution in [-0.2, 0) is 20.7 Å². The number of nitriles is 1. The summed E-state index contributed by atoms with van der Waals surface area (Å²) in [5, 5.41) is 12.2. The van der Waals surface area contributed by atoms with Gasteiger partial charge in [-0.05, 0) is 31.7 Å². The molecular formula is C19H24N2O3. The maximum atomic E-state index is 12.4. The second-order valence-corrected chi connectivity index (χ2v) is 6.52. The summed E-state index contributed by atoms with van der Waals surface area (Å²) < 4.78 is 4.86. The maximum absolute atomic E-state index is 12.4. The van der Waals surface area contributed by atoms with Crippen molar-refractivity contribution in [3.05, 3.63) is 35.4 Å². The molecule has 0 bridgehead atoms. The predicted octanol–water partition coefficient (Wildman–Crippen LogP) is 2.53. The Kier molecular flexibility index (Phi) is 5.97. The molecule has 1 unspecified atom stereocenters. The summed E-state index contributed by atoms with van der Waals surface area (Å²) in [4.78, 5) is 24.5. The molecule has 5 nitrogen and oxygen atoms in total. The Morgan fingerprint density at radius 2 is 1.92 bits per heavy atom. The van der Waals surface area contributed by atoms with Gasteiger partial charge in [-0.3, -0.25) is 9.59 Å². The van der Waals surface area contributed by atoms with Crippen molar-refractivity contribution in [2.45, 2.75) is 39.0 Å². The summed E-state index contributed by atoms with van der Waals surface area (Å²) >= 11 is 0. The summed E-state index contributed by atoms with van der Waals surface area (Å²) in [5.74, 6) is -1.08. The topological polar surface area (TPSA) is 79.2 Å². The van der Waals surface area contributed by atoms with Crippen molar-refractivity contribution in [2.75, 3.05) is 13.7 Å². The van der Waals surface area contributed by atoms with Gasteiger partial charge in [-0.2, -0.15) is 5.26 Å². The van der Waals surface area contributed by atoms with Gasteiger partial charge in [-0.1, -0.05) is 42.7 Å². The van der Waals surface area contributed by atoms with Gasteiger partial charge in [0.2, 0.25) is 5.91 Å². The third-order valence-electron chi connectivity index (χ3n) is 4.75. The summed E-state index contributed by atoms with van der Waals surface area (Å²) in [6.45, 7) is 2.19. The molecule has 1 amide bonds. The molecule has 2 rings (SSSR count). The van der Waals surface area contributed by atoms with Crippen LogP contribution in [0.25, 0.3) is 0 Å². The number of rotatable bonds is 6. The Hall–Kier alpha value is -2.35. The largest absolute Gasteiger partial charge is 0.469 e. The Balaban J connectivity index is 2.01. The highest BCUT2D eigenvalue weighted by atomic mass is 16.5. The minimum Gasteiger partial charge on any atom is -0.469 e. The molecule has 0 saturated heterocycles. The number of amides is 1. The fraction of sp³-hybridized carbons (Fsp3) is 0.526. The fourth-order valence-electron chi connectivity index (χ4n) is 3.17. The van der Waals surface area contributed by atoms with Gasteiger partial charge in [0.15, 0.2) is 0 Å². The number of carbonyl (C=O) groups is 2. The van der Waals surface area contributed by atoms with E-state index in [1.807, 2.05) is 31.2 Å². The lowest BCUT2D eigenvalue weighted by Crippen LogP contribution is -2.42. The van der Waals surface area contributed by atoms with Crippen molar-refractivity contribution in [3.8, 4) is 6.07 Å². The van der Waals surface area contributed by atoms with Gasteiger partial charge in [0, 0.05) is 6.54 Å². The number of hydrogen-bond acceptors (Lipinski definition) is 4. The molecule has 1 N–H and O–H groups in total. The Morgan fingerprint density at radius 3 is 2.46 bits per heavy atom. The number of ether oxygens (including phenoxy) is 1. The minimum absolute atomic E-state index is 0.183. The van der Waals surface area contributed by atoms with Crippen LogP contribution in [0.3, 0.4) is 0 Å². The van der Waals surface area contributed by atoms with Gasteiger partial charge in [0.05, 0.1) is 19.1 Å². The lowest BCUT2D eigenvalue weighted by Gasteiger charge is -2.21. The summed E-state index contributed by atoms with van der Waals surface area (Å²) in [5.41, 5.74) is 1.24. The number of benzene rings is 1. The first-order valence-corrected chi connectivity index (χ1v) is 8.33. The average Bonchev–Trinajstić information content (AvgIpc) is 3.09. The summed E-state index contributed by atoms with van der Waals surface area (Å²) in [6.07, 6.45) is 3.47. The van der Waals surface area contributed by atoms with Crippen LogP contribution in [0, 0.1) is 29.6 Å². The molecular weight excluding hydrogens is 304 g/mol. The molecule has 0 aromatic heterocycles. The average molecular weight is 328 g/mol. The van der Waals surface area contributed by atoms with Crippen LogP contribution in [-0.4, -0.2) is 25.5 Å². The highest BCUT2D eigenvalue weighted by molar-refractivity contribution is 5.86. The van der Waals surface area contributed by atoms with Gasteiger partial charge < -0.3 is 10.1 Å². The number of hydrogen-bond donors (Lipinski definition) is 1. The number of methoxy groups -OCH3 is 1. The Bertz CT molecular complexity index is 625. The second-order valence-electron chi connectivity index (χ2n) is 6.52. The first kappa shape index (κ1) is 18.0. The van der Waals surface area contributed by atoms with Crippen molar-refractivity contribution in [3.63, 3.8) is 0 Å². The van der Waals surface area contributed by atoms with Crippen LogP contribution in [0.2, 0.25) is 0 Å². The van der Waals surface area contributed by atoms with E-state index in [1.54, 1.807) is 0 Å². The zero-order valence-corrected chi connectivity index (χ0v) is 14.3. The van der Waals surface area contributed by atoms with Crippen molar-refractivity contribution >= 4 is 11.9 Å². The first-order chi connectivity index (χ1) is 11.5. The normalized spacial score (nSPS) is 16.9. The van der Waals surface area contributed by atoms with Crippen molar-refractivity contribution in [2.24, 2.45) is 11.3 Å². The molecule has 0 aliphatic heterocycles. The number of carbonyl (C=O) groups excluding carboxylic acids is 2. The van der Waals surface area contributed by atoms with Gasteiger partial charge in [0.25, 0.3) is 0 Å². The van der Waals surface area contributed by atoms with E-state index < -0.39 is 11.3 Å². The van der Waals surface area contributed by atoms with Crippen LogP contribution < -0.4 is 5.32 Å². The molecule has 24 heavy (non-hydrogen) atoms. The molecule has 0 radical (unpaired) electrons. The van der Waals surface area contributed by atoms with E-state index in [2.05, 4.69) is 11.4 Å². The molecule has 1 aromatic carbocycles. The number of nitrogens with one attached hydrogen (secondary N) is 1. The van der Waals surface area contributed by atoms with Crippen LogP contribution in [0.15, 0.2) is 24.3 Å². The van der Waals surface area contributed by atoms with E-state index >= 15 is 0 Å². The Labute approximate surface area is 143 Å². The van der Waals surface area contributed by atoms with Crippen LogP contribution in [0.5, 0.6) is 0 Å². The van der Waals surface area contributed by atoms with E-state index in [1.165, 1.54) is 7.11 Å². The van der Waals surface area contributed by atoms with Crippen LogP contribution >= 0.6 is 0 Å². The van der Waals surface area contributed by atoms with Crippen molar-refractivity contribution < 1.29 is 14.3 Å². The van der Waals surface area contributed by atoms with E-state index in [9.17, 15) is 14.9 Å². The lowest BCUT2D eigenvalue weighted by atomic mass is 9.86. The molecule has 128 valence electrons. The van der Waals surface area contributed by atoms with Crippen molar-refractivity contribution in [1.29, 1.82) is 5.26 Å². The van der Waals surface area contributed by atoms with E-state index in [0.717, 1.165) is 24.0 Å². The van der Waals surface area contributed by atoms with Gasteiger partial charge >= 0.3 is 5.97 Å². The minimum atomic E-state index is -0.926. The standard InChI is InChI=1S/C19H24N2O3/c1-14-5-7-15(8-6-14)11-16(17(22)24-2)12-21-18(23)19(13-20)9-3-4-10-19/h5-8,16H,3-4,9-12H2,1-2H3,(H,21,23). The van der Waals surface area contributed by atoms with E-state index in [0.29, 0.717) is 19.3 Å². The fourth-order valence-corrected chi connectivity index (χ4v) is 3.17. The predicted molar refractivity (Wildman–Crippen MR) is 89.9 cm³/mol. The third-order valence-corrected chi connectivity index (χ3v) is 4.75. The molecule has 1 saturated carbocycles. The van der Waals surface area contributed by atoms with Gasteiger partial charge in [-0.25, -0.2) is 0 Å². The summed E-state index contributed by atoms with van der Waals surface area (Å²) in [7, 11) is 1.35. The maximum Gasteiger partial charge on any atom is 0.310 e. The lowest BCUT2D eigenvalue weighted by molar-refractivity contribution is -0.145. The van der Waals surface area contributed by atoms with Gasteiger partial charge in [-0.15, -0.1) is 0 Å². The SMILES string of the molecule is COC(=O)C(CNC(=O)C1(C#N)CCCC1)Cc1ccc(C)cc1. The zero-order valence-electron chi connectivity index (χ0n) is 14.3. The molecule has 0 spiro atoms. The van der Waals surface area contributed by atoms with E-state index in [-0.39, 0.29) is 18.4 Å². The smallest absolute Gasteiger partial charge is 0.310 e. The molecule has 5 heteroatoms. The quantitative estimate of drug-likeness (QED) is 0.814. The van der Waals surface area contributed by atoms with Gasteiger partial charge in [0.1, 0.15) is 5.41 Å². The molecule has 0 heterocycles. The number of aryl methyl sites for hydroxylation is 1. The molecule has 1 aliphatic carbocycles.